The fourth-order valence-corrected chi connectivity index (χ4v) is 3.08. The van der Waals surface area contributed by atoms with Crippen molar-refractivity contribution in [3.8, 4) is 0 Å². The number of halogens is 3. The largest absolute Gasteiger partial charge is 0.417 e. The molecule has 3 rings (SSSR count). The van der Waals surface area contributed by atoms with Crippen LogP contribution in [0.15, 0.2) is 47.4 Å². The van der Waals surface area contributed by atoms with Gasteiger partial charge in [0.2, 0.25) is 0 Å². The van der Waals surface area contributed by atoms with Crippen molar-refractivity contribution in [3.63, 3.8) is 0 Å². The zero-order valence-electron chi connectivity index (χ0n) is 14.6. The summed E-state index contributed by atoms with van der Waals surface area (Å²) in [6.07, 6.45) is -3.14. The summed E-state index contributed by atoms with van der Waals surface area (Å²) in [6, 6.07) is 10.7. The van der Waals surface area contributed by atoms with Crippen molar-refractivity contribution in [3.05, 3.63) is 69.6 Å². The molecule has 1 aromatic heterocycles. The van der Waals surface area contributed by atoms with Crippen LogP contribution in [-0.2, 0) is 12.6 Å². The first-order chi connectivity index (χ1) is 12.8. The molecule has 1 aliphatic rings. The van der Waals surface area contributed by atoms with Crippen molar-refractivity contribution in [2.45, 2.75) is 12.6 Å². The summed E-state index contributed by atoms with van der Waals surface area (Å²) in [5, 5.41) is 0. The summed E-state index contributed by atoms with van der Waals surface area (Å²) >= 11 is 0. The van der Waals surface area contributed by atoms with Crippen molar-refractivity contribution in [2.75, 3.05) is 32.7 Å². The highest BCUT2D eigenvalue weighted by molar-refractivity contribution is 5.94. The maximum atomic E-state index is 12.8. The minimum Gasteiger partial charge on any atom is -0.336 e. The van der Waals surface area contributed by atoms with Gasteiger partial charge >= 0.3 is 6.18 Å². The van der Waals surface area contributed by atoms with Crippen molar-refractivity contribution in [1.29, 1.82) is 0 Å². The molecular weight excluding hydrogens is 359 g/mol. The molecule has 8 heteroatoms. The number of carbonyl (C=O) groups is 1. The Balaban J connectivity index is 1.59. The third-order valence-electron chi connectivity index (χ3n) is 4.68. The van der Waals surface area contributed by atoms with Gasteiger partial charge in [0, 0.05) is 38.9 Å². The molecule has 1 aromatic carbocycles. The topological polar surface area (TPSA) is 56.4 Å². The van der Waals surface area contributed by atoms with E-state index in [-0.39, 0.29) is 0 Å². The zero-order chi connectivity index (χ0) is 19.4. The third-order valence-corrected chi connectivity index (χ3v) is 4.68. The number of aromatic amines is 1. The monoisotopic (exact) mass is 379 g/mol. The first-order valence-electron chi connectivity index (χ1n) is 8.70. The molecule has 1 N–H and O–H groups in total. The average molecular weight is 379 g/mol. The first-order valence-corrected chi connectivity index (χ1v) is 8.70. The molecule has 0 atom stereocenters. The van der Waals surface area contributed by atoms with E-state index in [0.717, 1.165) is 13.0 Å². The number of nitrogens with zero attached hydrogens (tertiary/aromatic N) is 2. The summed E-state index contributed by atoms with van der Waals surface area (Å²) in [7, 11) is 0. The van der Waals surface area contributed by atoms with Crippen molar-refractivity contribution in [2.24, 2.45) is 0 Å². The molecule has 0 saturated carbocycles. The van der Waals surface area contributed by atoms with Crippen LogP contribution >= 0.6 is 0 Å². The highest BCUT2D eigenvalue weighted by Crippen LogP contribution is 2.28. The molecule has 2 heterocycles. The van der Waals surface area contributed by atoms with Crippen LogP contribution in [-0.4, -0.2) is 53.4 Å². The lowest BCUT2D eigenvalue weighted by molar-refractivity contribution is -0.137. The van der Waals surface area contributed by atoms with Gasteiger partial charge in [0.25, 0.3) is 11.5 Å². The summed E-state index contributed by atoms with van der Waals surface area (Å²) in [6.45, 7) is 2.84. The standard InChI is InChI=1S/C19H20F3N3O2/c20-19(21,22)15-12-16(17(26)23-13-15)18(27)25-10-8-24(9-11-25)7-6-14-4-2-1-3-5-14/h1-5,12-13H,6-11H2,(H,23,26). The Morgan fingerprint density at radius 1 is 1.07 bits per heavy atom. The second-order valence-electron chi connectivity index (χ2n) is 6.50. The van der Waals surface area contributed by atoms with E-state index >= 15 is 0 Å². The lowest BCUT2D eigenvalue weighted by atomic mass is 10.1. The maximum absolute atomic E-state index is 12.8. The lowest BCUT2D eigenvalue weighted by Gasteiger charge is -2.34. The van der Waals surface area contributed by atoms with Crippen LogP contribution in [0.25, 0.3) is 0 Å². The number of carbonyl (C=O) groups excluding carboxylic acids is 1. The predicted octanol–water partition coefficient (Wildman–Crippen LogP) is 2.39. The zero-order valence-corrected chi connectivity index (χ0v) is 14.6. The second kappa shape index (κ2) is 7.96. The van der Waals surface area contributed by atoms with Gasteiger partial charge in [-0.25, -0.2) is 0 Å². The number of aromatic nitrogens is 1. The minimum absolute atomic E-state index is 0.378. The predicted molar refractivity (Wildman–Crippen MR) is 94.6 cm³/mol. The molecule has 27 heavy (non-hydrogen) atoms. The van der Waals surface area contributed by atoms with Crippen LogP contribution in [0.5, 0.6) is 0 Å². The smallest absolute Gasteiger partial charge is 0.336 e. The van der Waals surface area contributed by atoms with Crippen LogP contribution < -0.4 is 5.56 Å². The Morgan fingerprint density at radius 3 is 2.37 bits per heavy atom. The van der Waals surface area contributed by atoms with Gasteiger partial charge in [-0.3, -0.25) is 14.5 Å². The Bertz CT molecular complexity index is 841. The third kappa shape index (κ3) is 4.77. The van der Waals surface area contributed by atoms with Gasteiger partial charge in [0.15, 0.2) is 0 Å². The number of amides is 1. The Kier molecular flexibility index (Phi) is 5.65. The van der Waals surface area contributed by atoms with Crippen LogP contribution in [0.3, 0.4) is 0 Å². The van der Waals surface area contributed by atoms with Crippen LogP contribution in [0.1, 0.15) is 21.5 Å². The number of hydrogen-bond acceptors (Lipinski definition) is 3. The van der Waals surface area contributed by atoms with Crippen LogP contribution in [0, 0.1) is 0 Å². The summed E-state index contributed by atoms with van der Waals surface area (Å²) < 4.78 is 38.5. The molecule has 1 amide bonds. The molecule has 0 radical (unpaired) electrons. The van der Waals surface area contributed by atoms with E-state index in [1.54, 1.807) is 0 Å². The molecule has 5 nitrogen and oxygen atoms in total. The number of benzene rings is 1. The van der Waals surface area contributed by atoms with Gasteiger partial charge in [-0.05, 0) is 18.1 Å². The SMILES string of the molecule is O=C(c1cc(C(F)(F)F)c[nH]c1=O)N1CCN(CCc2ccccc2)CC1. The molecule has 144 valence electrons. The first kappa shape index (κ1) is 19.2. The molecule has 0 unspecified atom stereocenters. The van der Waals surface area contributed by atoms with Crippen LogP contribution in [0.2, 0.25) is 0 Å². The van der Waals surface area contributed by atoms with E-state index in [1.807, 2.05) is 23.2 Å². The van der Waals surface area contributed by atoms with Gasteiger partial charge in [-0.2, -0.15) is 13.2 Å². The van der Waals surface area contributed by atoms with Gasteiger partial charge in [-0.1, -0.05) is 30.3 Å². The van der Waals surface area contributed by atoms with Crippen molar-refractivity contribution >= 4 is 5.91 Å². The van der Waals surface area contributed by atoms with Crippen molar-refractivity contribution in [1.82, 2.24) is 14.8 Å². The van der Waals surface area contributed by atoms with E-state index in [2.05, 4.69) is 17.0 Å². The molecule has 1 fully saturated rings. The quantitative estimate of drug-likeness (QED) is 0.888. The number of hydrogen-bond donors (Lipinski definition) is 1. The van der Waals surface area contributed by atoms with Gasteiger partial charge in [0.05, 0.1) is 5.56 Å². The molecular formula is C19H20F3N3O2. The highest BCUT2D eigenvalue weighted by atomic mass is 19.4. The van der Waals surface area contributed by atoms with Gasteiger partial charge in [-0.15, -0.1) is 0 Å². The van der Waals surface area contributed by atoms with Gasteiger partial charge < -0.3 is 9.88 Å². The lowest BCUT2D eigenvalue weighted by Crippen LogP contribution is -2.50. The molecule has 1 aliphatic heterocycles. The Hall–Kier alpha value is -2.61. The number of piperazine rings is 1. The molecule has 2 aromatic rings. The summed E-state index contributed by atoms with van der Waals surface area (Å²) in [5.74, 6) is -0.662. The maximum Gasteiger partial charge on any atom is 0.417 e. The van der Waals surface area contributed by atoms with E-state index in [0.29, 0.717) is 38.4 Å². The fraction of sp³-hybridized carbons (Fsp3) is 0.368. The molecule has 0 aliphatic carbocycles. The van der Waals surface area contributed by atoms with E-state index in [1.165, 1.54) is 10.5 Å². The van der Waals surface area contributed by atoms with Gasteiger partial charge in [0.1, 0.15) is 5.56 Å². The number of rotatable bonds is 4. The Labute approximate surface area is 154 Å². The average Bonchev–Trinajstić information content (AvgIpc) is 2.66. The normalized spacial score (nSPS) is 15.7. The number of nitrogens with one attached hydrogen (secondary N) is 1. The Morgan fingerprint density at radius 2 is 1.74 bits per heavy atom. The van der Waals surface area contributed by atoms with E-state index in [4.69, 9.17) is 0 Å². The minimum atomic E-state index is -4.62. The molecule has 0 spiro atoms. The van der Waals surface area contributed by atoms with E-state index < -0.39 is 28.8 Å². The van der Waals surface area contributed by atoms with E-state index in [9.17, 15) is 22.8 Å². The van der Waals surface area contributed by atoms with Crippen molar-refractivity contribution < 1.29 is 18.0 Å². The molecule has 0 bridgehead atoms. The number of pyridine rings is 1. The van der Waals surface area contributed by atoms with Crippen LogP contribution in [0.4, 0.5) is 13.2 Å². The second-order valence-corrected chi connectivity index (χ2v) is 6.50. The number of H-pyrrole nitrogens is 1. The fourth-order valence-electron chi connectivity index (χ4n) is 3.08. The number of alkyl halides is 3. The summed E-state index contributed by atoms with van der Waals surface area (Å²) in [5.41, 5.74) is -1.08. The molecule has 1 saturated heterocycles. The summed E-state index contributed by atoms with van der Waals surface area (Å²) in [4.78, 5) is 30.0. The highest BCUT2D eigenvalue weighted by Gasteiger charge is 2.33.